The van der Waals surface area contributed by atoms with Crippen LogP contribution in [0.15, 0.2) is 27.1 Å². The molecule has 0 radical (unpaired) electrons. The summed E-state index contributed by atoms with van der Waals surface area (Å²) in [7, 11) is 0. The lowest BCUT2D eigenvalue weighted by Crippen LogP contribution is -2.01. The molecule has 0 saturated carbocycles. The van der Waals surface area contributed by atoms with Crippen LogP contribution in [0.3, 0.4) is 0 Å². The minimum Gasteiger partial charge on any atom is -0.424 e. The number of nitro groups is 1. The van der Waals surface area contributed by atoms with E-state index in [2.05, 4.69) is 20.4 Å². The first-order valence-electron chi connectivity index (χ1n) is 5.70. The van der Waals surface area contributed by atoms with E-state index in [4.69, 9.17) is 8.94 Å². The average molecular weight is 275 g/mol. The third-order valence-corrected chi connectivity index (χ3v) is 2.55. The summed E-state index contributed by atoms with van der Waals surface area (Å²) < 4.78 is 10.2. The van der Waals surface area contributed by atoms with E-state index >= 15 is 0 Å². The maximum absolute atomic E-state index is 10.7. The molecule has 1 N–H and O–H groups in total. The van der Waals surface area contributed by atoms with E-state index in [1.165, 1.54) is 18.2 Å². The average Bonchev–Trinajstić information content (AvgIpc) is 3.00. The van der Waals surface area contributed by atoms with Crippen molar-refractivity contribution in [3.8, 4) is 0 Å². The number of aryl methyl sites for hydroxylation is 1. The molecular formula is C11H9N5O4. The van der Waals surface area contributed by atoms with Crippen LogP contribution in [0.5, 0.6) is 0 Å². The molecule has 20 heavy (non-hydrogen) atoms. The first-order valence-corrected chi connectivity index (χ1v) is 5.70. The lowest BCUT2D eigenvalue weighted by atomic mass is 10.3. The van der Waals surface area contributed by atoms with Gasteiger partial charge < -0.3 is 14.3 Å². The van der Waals surface area contributed by atoms with Crippen molar-refractivity contribution in [2.24, 2.45) is 0 Å². The molecule has 0 bridgehead atoms. The zero-order chi connectivity index (χ0) is 14.1. The largest absolute Gasteiger partial charge is 0.424 e. The molecule has 3 aromatic rings. The summed E-state index contributed by atoms with van der Waals surface area (Å²) in [6.07, 6.45) is 0. The molecule has 2 heterocycles. The van der Waals surface area contributed by atoms with Crippen molar-refractivity contribution in [2.45, 2.75) is 13.5 Å². The van der Waals surface area contributed by atoms with Crippen LogP contribution in [0.25, 0.3) is 11.1 Å². The summed E-state index contributed by atoms with van der Waals surface area (Å²) in [4.78, 5) is 18.3. The van der Waals surface area contributed by atoms with Gasteiger partial charge in [-0.1, -0.05) is 5.16 Å². The molecule has 102 valence electrons. The van der Waals surface area contributed by atoms with E-state index in [1.54, 1.807) is 6.92 Å². The van der Waals surface area contributed by atoms with Crippen molar-refractivity contribution in [2.75, 3.05) is 5.32 Å². The fourth-order valence-corrected chi connectivity index (χ4v) is 1.67. The number of oxazole rings is 1. The number of hydrogen-bond donors (Lipinski definition) is 1. The highest BCUT2D eigenvalue weighted by Crippen LogP contribution is 2.23. The standard InChI is InChI=1S/C11H9N5O4/c1-6-13-10(15-20-6)5-12-11-14-8-4-7(16(17)18)2-3-9(8)19-11/h2-4H,5H2,1H3,(H,12,14). The number of nitrogens with one attached hydrogen (secondary N) is 1. The second-order valence-electron chi connectivity index (χ2n) is 4.01. The van der Waals surface area contributed by atoms with E-state index in [9.17, 15) is 10.1 Å². The van der Waals surface area contributed by atoms with Gasteiger partial charge >= 0.3 is 0 Å². The van der Waals surface area contributed by atoms with E-state index < -0.39 is 4.92 Å². The zero-order valence-electron chi connectivity index (χ0n) is 10.4. The van der Waals surface area contributed by atoms with Crippen LogP contribution in [0.1, 0.15) is 11.7 Å². The number of nitrogens with zero attached hydrogens (tertiary/aromatic N) is 4. The normalized spacial score (nSPS) is 10.8. The van der Waals surface area contributed by atoms with Gasteiger partial charge in [0.15, 0.2) is 11.4 Å². The zero-order valence-corrected chi connectivity index (χ0v) is 10.4. The van der Waals surface area contributed by atoms with E-state index in [-0.39, 0.29) is 18.2 Å². The van der Waals surface area contributed by atoms with Crippen LogP contribution in [-0.4, -0.2) is 20.0 Å². The summed E-state index contributed by atoms with van der Waals surface area (Å²) in [6.45, 7) is 1.97. The fraction of sp³-hybridized carbons (Fsp3) is 0.182. The van der Waals surface area contributed by atoms with Crippen LogP contribution in [-0.2, 0) is 6.54 Å². The summed E-state index contributed by atoms with van der Waals surface area (Å²) in [5.74, 6) is 0.936. The topological polar surface area (TPSA) is 120 Å². The lowest BCUT2D eigenvalue weighted by Gasteiger charge is -1.94. The van der Waals surface area contributed by atoms with Crippen molar-refractivity contribution >= 4 is 22.8 Å². The second kappa shape index (κ2) is 4.61. The molecule has 0 fully saturated rings. The maximum Gasteiger partial charge on any atom is 0.296 e. The van der Waals surface area contributed by atoms with Gasteiger partial charge in [-0.15, -0.1) is 0 Å². The number of nitro benzene ring substituents is 1. The highest BCUT2D eigenvalue weighted by atomic mass is 16.6. The molecule has 9 heteroatoms. The third kappa shape index (κ3) is 2.28. The summed E-state index contributed by atoms with van der Waals surface area (Å²) in [5.41, 5.74) is 0.833. The van der Waals surface area contributed by atoms with Crippen molar-refractivity contribution in [1.82, 2.24) is 15.1 Å². The van der Waals surface area contributed by atoms with E-state index in [0.29, 0.717) is 22.8 Å². The summed E-state index contributed by atoms with van der Waals surface area (Å²) in [6, 6.07) is 4.45. The van der Waals surface area contributed by atoms with Crippen LogP contribution in [0.2, 0.25) is 0 Å². The minimum absolute atomic E-state index is 0.0360. The van der Waals surface area contributed by atoms with E-state index in [0.717, 1.165) is 0 Å². The van der Waals surface area contributed by atoms with Gasteiger partial charge in [-0.05, 0) is 6.07 Å². The van der Waals surface area contributed by atoms with Gasteiger partial charge in [0.25, 0.3) is 11.7 Å². The van der Waals surface area contributed by atoms with Crippen molar-refractivity contribution in [1.29, 1.82) is 0 Å². The van der Waals surface area contributed by atoms with Gasteiger partial charge in [-0.2, -0.15) is 9.97 Å². The van der Waals surface area contributed by atoms with Gasteiger partial charge in [0.1, 0.15) is 5.52 Å². The molecule has 0 aliphatic carbocycles. The Labute approximate surface area is 111 Å². The molecule has 1 aromatic carbocycles. The smallest absolute Gasteiger partial charge is 0.296 e. The second-order valence-corrected chi connectivity index (χ2v) is 4.01. The van der Waals surface area contributed by atoms with Crippen LogP contribution < -0.4 is 5.32 Å². The number of anilines is 1. The van der Waals surface area contributed by atoms with E-state index in [1.807, 2.05) is 0 Å². The number of rotatable bonds is 4. The Bertz CT molecular complexity index is 778. The van der Waals surface area contributed by atoms with Crippen molar-refractivity contribution in [3.05, 3.63) is 40.0 Å². The monoisotopic (exact) mass is 275 g/mol. The van der Waals surface area contributed by atoms with Gasteiger partial charge in [0.2, 0.25) is 5.89 Å². The Morgan fingerprint density at radius 1 is 1.40 bits per heavy atom. The SMILES string of the molecule is Cc1nc(CNc2nc3cc([N+](=O)[O-])ccc3o2)no1. The molecule has 0 spiro atoms. The predicted molar refractivity (Wildman–Crippen MR) is 67.0 cm³/mol. The third-order valence-electron chi connectivity index (χ3n) is 2.55. The van der Waals surface area contributed by atoms with Crippen LogP contribution >= 0.6 is 0 Å². The Morgan fingerprint density at radius 2 is 2.25 bits per heavy atom. The first-order chi connectivity index (χ1) is 9.61. The lowest BCUT2D eigenvalue weighted by molar-refractivity contribution is -0.384. The van der Waals surface area contributed by atoms with Crippen LogP contribution in [0.4, 0.5) is 11.7 Å². The Balaban J connectivity index is 1.80. The number of non-ortho nitro benzene ring substituents is 1. The van der Waals surface area contributed by atoms with Crippen molar-refractivity contribution < 1.29 is 13.9 Å². The summed E-state index contributed by atoms with van der Waals surface area (Å²) in [5, 5.41) is 17.3. The Hall–Kier alpha value is -2.97. The highest BCUT2D eigenvalue weighted by molar-refractivity contribution is 5.77. The molecule has 0 unspecified atom stereocenters. The molecule has 9 nitrogen and oxygen atoms in total. The number of hydrogen-bond acceptors (Lipinski definition) is 8. The Morgan fingerprint density at radius 3 is 2.95 bits per heavy atom. The summed E-state index contributed by atoms with van der Waals surface area (Å²) >= 11 is 0. The quantitative estimate of drug-likeness (QED) is 0.567. The van der Waals surface area contributed by atoms with Gasteiger partial charge in [0, 0.05) is 19.1 Å². The molecule has 0 atom stereocenters. The molecule has 0 saturated heterocycles. The molecule has 0 aliphatic rings. The molecule has 3 rings (SSSR count). The van der Waals surface area contributed by atoms with Crippen LogP contribution in [0, 0.1) is 17.0 Å². The molecule has 0 aliphatic heterocycles. The number of fused-ring (bicyclic) bond motifs is 1. The molecule has 0 amide bonds. The van der Waals surface area contributed by atoms with Gasteiger partial charge in [0.05, 0.1) is 11.5 Å². The molecule has 2 aromatic heterocycles. The fourth-order valence-electron chi connectivity index (χ4n) is 1.67. The highest BCUT2D eigenvalue weighted by Gasteiger charge is 2.12. The minimum atomic E-state index is -0.483. The first kappa shape index (κ1) is 12.1. The maximum atomic E-state index is 10.7. The number of benzene rings is 1. The number of aromatic nitrogens is 3. The van der Waals surface area contributed by atoms with Gasteiger partial charge in [-0.3, -0.25) is 10.1 Å². The molecular weight excluding hydrogens is 266 g/mol. The van der Waals surface area contributed by atoms with Gasteiger partial charge in [-0.25, -0.2) is 0 Å². The van der Waals surface area contributed by atoms with Crippen molar-refractivity contribution in [3.63, 3.8) is 0 Å². The Kier molecular flexibility index (Phi) is 2.78. The predicted octanol–water partition coefficient (Wildman–Crippen LogP) is 2.04.